The number of likely N-dealkylation sites (tertiary alicyclic amines) is 1. The van der Waals surface area contributed by atoms with Gasteiger partial charge in [-0.1, -0.05) is 18.6 Å². The summed E-state index contributed by atoms with van der Waals surface area (Å²) in [7, 11) is 0. The Balaban J connectivity index is 1.51. The van der Waals surface area contributed by atoms with Crippen LogP contribution in [0, 0.1) is 19.3 Å². The van der Waals surface area contributed by atoms with Crippen molar-refractivity contribution in [1.82, 2.24) is 14.7 Å². The van der Waals surface area contributed by atoms with E-state index < -0.39 is 0 Å². The highest BCUT2D eigenvalue weighted by Gasteiger charge is 2.44. The van der Waals surface area contributed by atoms with Gasteiger partial charge in [0.25, 0.3) is 0 Å². The van der Waals surface area contributed by atoms with Crippen molar-refractivity contribution >= 4 is 0 Å². The molecule has 0 unspecified atom stereocenters. The van der Waals surface area contributed by atoms with Crippen molar-refractivity contribution in [3.63, 3.8) is 0 Å². The van der Waals surface area contributed by atoms with Crippen LogP contribution in [0.2, 0.25) is 0 Å². The topological polar surface area (TPSA) is 41.3 Å². The van der Waals surface area contributed by atoms with Crippen LogP contribution in [0.3, 0.4) is 0 Å². The van der Waals surface area contributed by atoms with Crippen LogP contribution in [-0.2, 0) is 6.54 Å². The fourth-order valence-electron chi connectivity index (χ4n) is 4.92. The largest absolute Gasteiger partial charge is 0.393 e. The second-order valence-electron chi connectivity index (χ2n) is 8.09. The fourth-order valence-corrected chi connectivity index (χ4v) is 4.92. The molecular weight excluding hydrogens is 310 g/mol. The zero-order chi connectivity index (χ0) is 17.4. The minimum atomic E-state index is -0.101. The molecule has 1 N–H and O–H groups in total. The summed E-state index contributed by atoms with van der Waals surface area (Å²) in [6, 6.07) is 10.8. The molecule has 0 amide bonds. The normalized spacial score (nSPS) is 27.2. The molecule has 0 bridgehead atoms. The first-order valence-corrected chi connectivity index (χ1v) is 9.59. The SMILES string of the molecule is Cc1cc(C)n(-c2cccc(CN3CCC[C@]4(CCC[C@H]4O)C3)c2)n1. The zero-order valence-electron chi connectivity index (χ0n) is 15.4. The lowest BCUT2D eigenvalue weighted by Crippen LogP contribution is -2.46. The molecule has 1 saturated heterocycles. The van der Waals surface area contributed by atoms with Gasteiger partial charge in [0, 0.05) is 24.2 Å². The molecule has 1 aliphatic carbocycles. The summed E-state index contributed by atoms with van der Waals surface area (Å²) in [6.45, 7) is 7.27. The number of piperidine rings is 1. The molecule has 2 fully saturated rings. The molecule has 0 radical (unpaired) electrons. The lowest BCUT2D eigenvalue weighted by atomic mass is 9.76. The van der Waals surface area contributed by atoms with Crippen molar-refractivity contribution in [3.05, 3.63) is 47.3 Å². The zero-order valence-corrected chi connectivity index (χ0v) is 15.4. The van der Waals surface area contributed by atoms with Crippen LogP contribution in [0.15, 0.2) is 30.3 Å². The first-order chi connectivity index (χ1) is 12.1. The third kappa shape index (κ3) is 3.25. The van der Waals surface area contributed by atoms with E-state index >= 15 is 0 Å². The lowest BCUT2D eigenvalue weighted by Gasteiger charge is -2.42. The summed E-state index contributed by atoms with van der Waals surface area (Å²) in [5.41, 5.74) is 4.84. The van der Waals surface area contributed by atoms with Gasteiger partial charge in [-0.2, -0.15) is 5.10 Å². The second kappa shape index (κ2) is 6.58. The van der Waals surface area contributed by atoms with Gasteiger partial charge < -0.3 is 5.11 Å². The lowest BCUT2D eigenvalue weighted by molar-refractivity contribution is -0.0120. The Labute approximate surface area is 150 Å². The Hall–Kier alpha value is -1.65. The molecule has 4 heteroatoms. The molecular formula is C21H29N3O. The van der Waals surface area contributed by atoms with E-state index in [1.165, 1.54) is 36.9 Å². The summed E-state index contributed by atoms with van der Waals surface area (Å²) < 4.78 is 2.03. The molecule has 2 aromatic rings. The molecule has 1 aromatic heterocycles. The molecule has 1 aromatic carbocycles. The van der Waals surface area contributed by atoms with E-state index in [0.29, 0.717) is 0 Å². The number of aliphatic hydroxyl groups is 1. The summed E-state index contributed by atoms with van der Waals surface area (Å²) >= 11 is 0. The number of aryl methyl sites for hydroxylation is 2. The van der Waals surface area contributed by atoms with Gasteiger partial charge in [0.15, 0.2) is 0 Å². The number of nitrogens with zero attached hydrogens (tertiary/aromatic N) is 3. The summed E-state index contributed by atoms with van der Waals surface area (Å²) in [5.74, 6) is 0. The average Bonchev–Trinajstić information content (AvgIpc) is 3.10. The fraction of sp³-hybridized carbons (Fsp3) is 0.571. The Kier molecular flexibility index (Phi) is 4.42. The van der Waals surface area contributed by atoms with Gasteiger partial charge in [0.05, 0.1) is 17.5 Å². The molecule has 4 nitrogen and oxygen atoms in total. The van der Waals surface area contributed by atoms with E-state index in [-0.39, 0.29) is 11.5 Å². The van der Waals surface area contributed by atoms with E-state index in [1.54, 1.807) is 0 Å². The van der Waals surface area contributed by atoms with Crippen LogP contribution in [0.1, 0.15) is 49.1 Å². The van der Waals surface area contributed by atoms with Gasteiger partial charge in [-0.3, -0.25) is 4.90 Å². The molecule has 2 heterocycles. The quantitative estimate of drug-likeness (QED) is 0.929. The van der Waals surface area contributed by atoms with E-state index in [0.717, 1.165) is 37.4 Å². The van der Waals surface area contributed by atoms with Gasteiger partial charge in [-0.05, 0) is 69.8 Å². The van der Waals surface area contributed by atoms with Gasteiger partial charge in [0.1, 0.15) is 0 Å². The Morgan fingerprint density at radius 3 is 2.76 bits per heavy atom. The predicted octanol–water partition coefficient (Wildman–Crippen LogP) is 3.62. The number of aromatic nitrogens is 2. The summed E-state index contributed by atoms with van der Waals surface area (Å²) in [4.78, 5) is 2.54. The highest BCUT2D eigenvalue weighted by Crippen LogP contribution is 2.45. The van der Waals surface area contributed by atoms with Crippen LogP contribution in [-0.4, -0.2) is 39.0 Å². The first kappa shape index (κ1) is 16.8. The third-order valence-corrected chi connectivity index (χ3v) is 6.12. The van der Waals surface area contributed by atoms with Crippen molar-refractivity contribution in [2.24, 2.45) is 5.41 Å². The number of benzene rings is 1. The van der Waals surface area contributed by atoms with Gasteiger partial charge in [-0.15, -0.1) is 0 Å². The van der Waals surface area contributed by atoms with Gasteiger partial charge in [-0.25, -0.2) is 4.68 Å². The van der Waals surface area contributed by atoms with E-state index in [4.69, 9.17) is 0 Å². The van der Waals surface area contributed by atoms with Crippen molar-refractivity contribution in [2.45, 2.75) is 58.6 Å². The van der Waals surface area contributed by atoms with Gasteiger partial charge >= 0.3 is 0 Å². The number of aliphatic hydroxyl groups excluding tert-OH is 1. The van der Waals surface area contributed by atoms with Crippen LogP contribution >= 0.6 is 0 Å². The highest BCUT2D eigenvalue weighted by molar-refractivity contribution is 5.37. The van der Waals surface area contributed by atoms with Crippen LogP contribution in [0.4, 0.5) is 0 Å². The first-order valence-electron chi connectivity index (χ1n) is 9.59. The maximum atomic E-state index is 10.5. The van der Waals surface area contributed by atoms with Crippen molar-refractivity contribution in [2.75, 3.05) is 13.1 Å². The number of rotatable bonds is 3. The minimum Gasteiger partial charge on any atom is -0.393 e. The molecule has 25 heavy (non-hydrogen) atoms. The van der Waals surface area contributed by atoms with Crippen molar-refractivity contribution in [1.29, 1.82) is 0 Å². The maximum Gasteiger partial charge on any atom is 0.0651 e. The van der Waals surface area contributed by atoms with Crippen molar-refractivity contribution in [3.8, 4) is 5.69 Å². The molecule has 134 valence electrons. The van der Waals surface area contributed by atoms with Crippen LogP contribution < -0.4 is 0 Å². The molecule has 1 aliphatic heterocycles. The second-order valence-corrected chi connectivity index (χ2v) is 8.09. The average molecular weight is 339 g/mol. The number of hydrogen-bond acceptors (Lipinski definition) is 3. The molecule has 4 rings (SSSR count). The summed E-state index contributed by atoms with van der Waals surface area (Å²) in [6.07, 6.45) is 5.65. The van der Waals surface area contributed by atoms with Gasteiger partial charge in [0.2, 0.25) is 0 Å². The maximum absolute atomic E-state index is 10.5. The third-order valence-electron chi connectivity index (χ3n) is 6.12. The smallest absolute Gasteiger partial charge is 0.0651 e. The van der Waals surface area contributed by atoms with Crippen molar-refractivity contribution < 1.29 is 5.11 Å². The highest BCUT2D eigenvalue weighted by atomic mass is 16.3. The number of hydrogen-bond donors (Lipinski definition) is 1. The Morgan fingerprint density at radius 2 is 2.04 bits per heavy atom. The Morgan fingerprint density at radius 1 is 1.20 bits per heavy atom. The van der Waals surface area contributed by atoms with E-state index in [1.807, 2.05) is 11.6 Å². The van der Waals surface area contributed by atoms with E-state index in [2.05, 4.69) is 47.3 Å². The van der Waals surface area contributed by atoms with Crippen LogP contribution in [0.5, 0.6) is 0 Å². The molecule has 1 spiro atoms. The Bertz CT molecular complexity index is 753. The summed E-state index contributed by atoms with van der Waals surface area (Å²) in [5, 5.41) is 15.1. The molecule has 2 atom stereocenters. The molecule has 1 saturated carbocycles. The standard InChI is InChI=1S/C21H29N3O/c1-16-12-17(2)24(22-16)19-7-3-6-18(13-19)14-23-11-5-10-21(15-23)9-4-8-20(21)25/h3,6-7,12-13,20,25H,4-5,8-11,14-15H2,1-2H3/t20-,21-/m1/s1. The van der Waals surface area contributed by atoms with E-state index in [9.17, 15) is 5.11 Å². The predicted molar refractivity (Wildman–Crippen MR) is 99.8 cm³/mol. The monoisotopic (exact) mass is 339 g/mol. The minimum absolute atomic E-state index is 0.101. The van der Waals surface area contributed by atoms with Crippen LogP contribution in [0.25, 0.3) is 5.69 Å². The molecule has 2 aliphatic rings.